The van der Waals surface area contributed by atoms with Gasteiger partial charge in [0, 0.05) is 19.0 Å². The first-order chi connectivity index (χ1) is 12.7. The molecule has 134 valence electrons. The zero-order valence-corrected chi connectivity index (χ0v) is 14.5. The molecule has 0 saturated carbocycles. The fraction of sp³-hybridized carbons (Fsp3) is 0.412. The third kappa shape index (κ3) is 3.07. The number of tetrazole rings is 1. The number of likely N-dealkylation sites (tertiary alicyclic amines) is 1. The van der Waals surface area contributed by atoms with Gasteiger partial charge < -0.3 is 4.90 Å². The van der Waals surface area contributed by atoms with Gasteiger partial charge in [-0.25, -0.2) is 9.67 Å². The Hall–Kier alpha value is -3.10. The van der Waals surface area contributed by atoms with Crippen molar-refractivity contribution >= 4 is 5.91 Å². The number of aromatic amines is 1. The Bertz CT molecular complexity index is 852. The molecule has 26 heavy (non-hydrogen) atoms. The Morgan fingerprint density at radius 1 is 1.23 bits per heavy atom. The Labute approximate surface area is 150 Å². The lowest BCUT2D eigenvalue weighted by Gasteiger charge is -2.33. The second-order valence-corrected chi connectivity index (χ2v) is 6.45. The van der Waals surface area contributed by atoms with Crippen molar-refractivity contribution in [3.63, 3.8) is 0 Å². The van der Waals surface area contributed by atoms with Crippen LogP contribution in [-0.2, 0) is 4.79 Å². The van der Waals surface area contributed by atoms with Crippen molar-refractivity contribution in [3.05, 3.63) is 53.9 Å². The van der Waals surface area contributed by atoms with E-state index < -0.39 is 6.04 Å². The molecule has 0 aliphatic carbocycles. The second kappa shape index (κ2) is 7.03. The Morgan fingerprint density at radius 3 is 2.62 bits per heavy atom. The van der Waals surface area contributed by atoms with Crippen molar-refractivity contribution in [1.29, 1.82) is 0 Å². The quantitative estimate of drug-likeness (QED) is 0.754. The SMILES string of the molecule is Cc1nnnn1C(C(=O)N1CCC(c2ncn[nH]2)CC1)c1ccccc1. The van der Waals surface area contributed by atoms with Crippen LogP contribution in [0.3, 0.4) is 0 Å². The monoisotopic (exact) mass is 352 g/mol. The number of H-pyrrole nitrogens is 1. The number of nitrogens with zero attached hydrogens (tertiary/aromatic N) is 7. The predicted molar refractivity (Wildman–Crippen MR) is 92.1 cm³/mol. The van der Waals surface area contributed by atoms with E-state index in [9.17, 15) is 4.79 Å². The molecule has 1 aliphatic heterocycles. The third-order valence-electron chi connectivity index (χ3n) is 4.88. The van der Waals surface area contributed by atoms with Gasteiger partial charge in [-0.1, -0.05) is 30.3 Å². The molecule has 9 nitrogen and oxygen atoms in total. The molecule has 1 amide bonds. The molecule has 1 aliphatic rings. The first-order valence-electron chi connectivity index (χ1n) is 8.67. The van der Waals surface area contributed by atoms with Gasteiger partial charge in [0.1, 0.15) is 18.0 Å². The minimum absolute atomic E-state index is 0.0163. The van der Waals surface area contributed by atoms with Crippen LogP contribution in [0.4, 0.5) is 0 Å². The standard InChI is InChI=1S/C17H20N8O/c1-12-20-22-23-25(12)15(13-5-3-2-4-6-13)17(26)24-9-7-14(8-10-24)16-18-11-19-21-16/h2-6,11,14-15H,7-10H2,1H3,(H,18,19,21). The summed E-state index contributed by atoms with van der Waals surface area (Å²) in [7, 11) is 0. The number of hydrogen-bond acceptors (Lipinski definition) is 6. The number of aromatic nitrogens is 7. The molecule has 0 spiro atoms. The highest BCUT2D eigenvalue weighted by Crippen LogP contribution is 2.28. The van der Waals surface area contributed by atoms with E-state index in [2.05, 4.69) is 30.7 Å². The van der Waals surface area contributed by atoms with Crippen molar-refractivity contribution in [3.8, 4) is 0 Å². The van der Waals surface area contributed by atoms with Gasteiger partial charge in [-0.3, -0.25) is 9.89 Å². The Morgan fingerprint density at radius 2 is 2.00 bits per heavy atom. The first kappa shape index (κ1) is 16.4. The molecule has 4 rings (SSSR count). The maximum atomic E-state index is 13.3. The number of rotatable bonds is 4. The summed E-state index contributed by atoms with van der Waals surface area (Å²) in [6.07, 6.45) is 3.24. The van der Waals surface area contributed by atoms with E-state index in [-0.39, 0.29) is 5.91 Å². The summed E-state index contributed by atoms with van der Waals surface area (Å²) in [6.45, 7) is 3.16. The van der Waals surface area contributed by atoms with Crippen LogP contribution < -0.4 is 0 Å². The maximum Gasteiger partial charge on any atom is 0.252 e. The van der Waals surface area contributed by atoms with E-state index in [1.807, 2.05) is 35.2 Å². The van der Waals surface area contributed by atoms with E-state index in [4.69, 9.17) is 0 Å². The lowest BCUT2D eigenvalue weighted by atomic mass is 9.95. The van der Waals surface area contributed by atoms with E-state index in [1.54, 1.807) is 11.6 Å². The highest BCUT2D eigenvalue weighted by atomic mass is 16.2. The second-order valence-electron chi connectivity index (χ2n) is 6.45. The summed E-state index contributed by atoms with van der Waals surface area (Å²) in [5.41, 5.74) is 0.880. The summed E-state index contributed by atoms with van der Waals surface area (Å²) < 4.78 is 1.60. The first-order valence-corrected chi connectivity index (χ1v) is 8.67. The van der Waals surface area contributed by atoms with E-state index in [0.717, 1.165) is 24.2 Å². The van der Waals surface area contributed by atoms with Crippen molar-refractivity contribution in [2.24, 2.45) is 0 Å². The van der Waals surface area contributed by atoms with Crippen LogP contribution in [0.2, 0.25) is 0 Å². The summed E-state index contributed by atoms with van der Waals surface area (Å²) in [4.78, 5) is 19.5. The summed E-state index contributed by atoms with van der Waals surface area (Å²) in [5.74, 6) is 1.84. The van der Waals surface area contributed by atoms with Crippen LogP contribution >= 0.6 is 0 Å². The Balaban J connectivity index is 1.55. The van der Waals surface area contributed by atoms with Gasteiger partial charge in [0.25, 0.3) is 5.91 Å². The molecular weight excluding hydrogens is 332 g/mol. The zero-order valence-electron chi connectivity index (χ0n) is 14.5. The molecule has 1 saturated heterocycles. The fourth-order valence-electron chi connectivity index (χ4n) is 3.46. The van der Waals surface area contributed by atoms with E-state index in [1.165, 1.54) is 6.33 Å². The minimum atomic E-state index is -0.548. The van der Waals surface area contributed by atoms with Crippen molar-refractivity contribution in [2.75, 3.05) is 13.1 Å². The fourth-order valence-corrected chi connectivity index (χ4v) is 3.46. The van der Waals surface area contributed by atoms with E-state index >= 15 is 0 Å². The summed E-state index contributed by atoms with van der Waals surface area (Å²) in [6, 6.07) is 9.10. The molecular formula is C17H20N8O. The van der Waals surface area contributed by atoms with Gasteiger partial charge in [0.05, 0.1) is 0 Å². The Kier molecular flexibility index (Phi) is 4.42. The largest absolute Gasteiger partial charge is 0.340 e. The van der Waals surface area contributed by atoms with Gasteiger partial charge in [-0.05, 0) is 35.8 Å². The number of benzene rings is 1. The number of aryl methyl sites for hydroxylation is 1. The number of nitrogens with one attached hydrogen (secondary N) is 1. The molecule has 1 N–H and O–H groups in total. The lowest BCUT2D eigenvalue weighted by Crippen LogP contribution is -2.43. The molecule has 3 heterocycles. The van der Waals surface area contributed by atoms with Gasteiger partial charge in [-0.2, -0.15) is 5.10 Å². The number of hydrogen-bond donors (Lipinski definition) is 1. The number of carbonyl (C=O) groups excluding carboxylic acids is 1. The molecule has 1 unspecified atom stereocenters. The van der Waals surface area contributed by atoms with Crippen LogP contribution in [0.15, 0.2) is 36.7 Å². The van der Waals surface area contributed by atoms with Crippen LogP contribution in [-0.4, -0.2) is 59.3 Å². The van der Waals surface area contributed by atoms with E-state index in [0.29, 0.717) is 24.8 Å². The molecule has 0 bridgehead atoms. The normalized spacial score (nSPS) is 16.6. The van der Waals surface area contributed by atoms with Gasteiger partial charge in [0.15, 0.2) is 6.04 Å². The van der Waals surface area contributed by atoms with Crippen LogP contribution in [0.1, 0.15) is 42.0 Å². The topological polar surface area (TPSA) is 105 Å². The third-order valence-corrected chi connectivity index (χ3v) is 4.88. The highest BCUT2D eigenvalue weighted by molar-refractivity contribution is 5.83. The summed E-state index contributed by atoms with van der Waals surface area (Å²) in [5, 5.41) is 18.6. The number of amides is 1. The highest BCUT2D eigenvalue weighted by Gasteiger charge is 2.33. The number of piperidine rings is 1. The predicted octanol–water partition coefficient (Wildman–Crippen LogP) is 1.10. The van der Waals surface area contributed by atoms with Crippen molar-refractivity contribution in [2.45, 2.75) is 31.7 Å². The van der Waals surface area contributed by atoms with Crippen molar-refractivity contribution < 1.29 is 4.79 Å². The minimum Gasteiger partial charge on any atom is -0.340 e. The van der Waals surface area contributed by atoms with Crippen LogP contribution in [0.25, 0.3) is 0 Å². The zero-order chi connectivity index (χ0) is 17.9. The molecule has 2 aromatic heterocycles. The summed E-state index contributed by atoms with van der Waals surface area (Å²) >= 11 is 0. The molecule has 9 heteroatoms. The molecule has 1 fully saturated rings. The van der Waals surface area contributed by atoms with Crippen LogP contribution in [0.5, 0.6) is 0 Å². The molecule has 1 atom stereocenters. The molecule has 3 aromatic rings. The maximum absolute atomic E-state index is 13.3. The average molecular weight is 352 g/mol. The average Bonchev–Trinajstić information content (AvgIpc) is 3.36. The molecule has 0 radical (unpaired) electrons. The molecule has 1 aromatic carbocycles. The number of carbonyl (C=O) groups is 1. The smallest absolute Gasteiger partial charge is 0.252 e. The van der Waals surface area contributed by atoms with Gasteiger partial charge >= 0.3 is 0 Å². The van der Waals surface area contributed by atoms with Crippen molar-refractivity contribution in [1.82, 2.24) is 40.3 Å². The van der Waals surface area contributed by atoms with Gasteiger partial charge in [-0.15, -0.1) is 5.10 Å². The van der Waals surface area contributed by atoms with Crippen LogP contribution in [0, 0.1) is 6.92 Å². The van der Waals surface area contributed by atoms with Gasteiger partial charge in [0.2, 0.25) is 0 Å². The lowest BCUT2D eigenvalue weighted by molar-refractivity contribution is -0.135.